The maximum Gasteiger partial charge on any atom is 0.335 e. The molecule has 0 atom stereocenters. The van der Waals surface area contributed by atoms with Gasteiger partial charge in [-0.3, -0.25) is 4.90 Å². The second-order valence-electron chi connectivity index (χ2n) is 5.28. The van der Waals surface area contributed by atoms with E-state index in [-0.39, 0.29) is 16.2 Å². The normalized spacial score (nSPS) is 12.0. The van der Waals surface area contributed by atoms with Crippen LogP contribution < -0.4 is 0 Å². The third kappa shape index (κ3) is 5.13. The van der Waals surface area contributed by atoms with Gasteiger partial charge >= 0.3 is 5.97 Å². The van der Waals surface area contributed by atoms with Gasteiger partial charge in [-0.1, -0.05) is 6.92 Å². The molecule has 0 fully saturated rings. The number of carboxylic acids is 1. The fourth-order valence-corrected chi connectivity index (χ4v) is 3.34. The molecule has 0 radical (unpaired) electrons. The van der Waals surface area contributed by atoms with E-state index in [1.54, 1.807) is 0 Å². The fourth-order valence-electron chi connectivity index (χ4n) is 2.08. The summed E-state index contributed by atoms with van der Waals surface area (Å²) in [5.74, 6) is -1.02. The zero-order valence-corrected chi connectivity index (χ0v) is 13.6. The summed E-state index contributed by atoms with van der Waals surface area (Å²) in [4.78, 5) is 13.1. The molecule has 6 heteroatoms. The standard InChI is InChI=1S/C15H23NO4S/c1-4-9-16(12(2)3)10-11-21(19,20)14-7-5-13(6-8-14)15(17)18/h5-8,12H,4,9-11H2,1-3H3,(H,17,18). The first kappa shape index (κ1) is 17.7. The van der Waals surface area contributed by atoms with Gasteiger partial charge in [0.1, 0.15) is 0 Å². The lowest BCUT2D eigenvalue weighted by Crippen LogP contribution is -2.35. The number of hydrogen-bond acceptors (Lipinski definition) is 4. The average molecular weight is 313 g/mol. The number of sulfone groups is 1. The van der Waals surface area contributed by atoms with Crippen molar-refractivity contribution in [2.75, 3.05) is 18.8 Å². The Morgan fingerprint density at radius 2 is 1.76 bits per heavy atom. The zero-order valence-electron chi connectivity index (χ0n) is 12.7. The number of nitrogens with zero attached hydrogens (tertiary/aromatic N) is 1. The molecule has 0 saturated carbocycles. The van der Waals surface area contributed by atoms with Crippen LogP contribution in [0, 0.1) is 0 Å². The van der Waals surface area contributed by atoms with Crippen LogP contribution in [0.25, 0.3) is 0 Å². The summed E-state index contributed by atoms with van der Waals surface area (Å²) in [5, 5.41) is 8.82. The maximum absolute atomic E-state index is 12.3. The predicted octanol–water partition coefficient (Wildman–Crippen LogP) is 2.28. The number of hydrogen-bond donors (Lipinski definition) is 1. The largest absolute Gasteiger partial charge is 0.478 e. The number of aromatic carboxylic acids is 1. The van der Waals surface area contributed by atoms with Gasteiger partial charge in [-0.2, -0.15) is 0 Å². The second-order valence-corrected chi connectivity index (χ2v) is 7.39. The van der Waals surface area contributed by atoms with Crippen molar-refractivity contribution in [2.45, 2.75) is 38.1 Å². The van der Waals surface area contributed by atoms with Crippen molar-refractivity contribution in [3.05, 3.63) is 29.8 Å². The van der Waals surface area contributed by atoms with E-state index in [0.29, 0.717) is 12.6 Å². The van der Waals surface area contributed by atoms with Crippen LogP contribution in [-0.4, -0.2) is 49.3 Å². The van der Waals surface area contributed by atoms with E-state index in [9.17, 15) is 13.2 Å². The summed E-state index contributed by atoms with van der Waals surface area (Å²) < 4.78 is 24.5. The Hall–Kier alpha value is -1.40. The minimum absolute atomic E-state index is 0.0393. The maximum atomic E-state index is 12.3. The minimum atomic E-state index is -3.38. The van der Waals surface area contributed by atoms with Crippen molar-refractivity contribution in [1.29, 1.82) is 0 Å². The lowest BCUT2D eigenvalue weighted by atomic mass is 10.2. The molecule has 0 unspecified atom stereocenters. The van der Waals surface area contributed by atoms with E-state index in [1.165, 1.54) is 24.3 Å². The first-order valence-electron chi connectivity index (χ1n) is 7.08. The van der Waals surface area contributed by atoms with E-state index in [2.05, 4.69) is 11.8 Å². The van der Waals surface area contributed by atoms with E-state index in [1.807, 2.05) is 13.8 Å². The molecule has 0 aliphatic rings. The molecule has 1 aromatic rings. The molecule has 118 valence electrons. The Balaban J connectivity index is 2.79. The Morgan fingerprint density at radius 1 is 1.19 bits per heavy atom. The van der Waals surface area contributed by atoms with Crippen LogP contribution in [0.2, 0.25) is 0 Å². The highest BCUT2D eigenvalue weighted by molar-refractivity contribution is 7.91. The van der Waals surface area contributed by atoms with Crippen LogP contribution in [0.1, 0.15) is 37.6 Å². The van der Waals surface area contributed by atoms with Crippen LogP contribution in [0.3, 0.4) is 0 Å². The summed E-state index contributed by atoms with van der Waals surface area (Å²) in [7, 11) is -3.38. The van der Waals surface area contributed by atoms with Crippen molar-refractivity contribution in [3.8, 4) is 0 Å². The lowest BCUT2D eigenvalue weighted by Gasteiger charge is -2.25. The lowest BCUT2D eigenvalue weighted by molar-refractivity contribution is 0.0696. The third-order valence-electron chi connectivity index (χ3n) is 3.35. The van der Waals surface area contributed by atoms with E-state index in [0.717, 1.165) is 13.0 Å². The molecule has 0 aliphatic heterocycles. The third-order valence-corrected chi connectivity index (χ3v) is 5.06. The summed E-state index contributed by atoms with van der Waals surface area (Å²) in [5.41, 5.74) is 0.0868. The molecule has 0 spiro atoms. The Kier molecular flexibility index (Phi) is 6.36. The van der Waals surface area contributed by atoms with Crippen molar-refractivity contribution >= 4 is 15.8 Å². The van der Waals surface area contributed by atoms with Gasteiger partial charge < -0.3 is 5.11 Å². The van der Waals surface area contributed by atoms with Gasteiger partial charge in [0, 0.05) is 12.6 Å². The van der Waals surface area contributed by atoms with Crippen LogP contribution in [0.15, 0.2) is 29.2 Å². The number of carboxylic acid groups (broad SMARTS) is 1. The highest BCUT2D eigenvalue weighted by Gasteiger charge is 2.18. The SMILES string of the molecule is CCCN(CCS(=O)(=O)c1ccc(C(=O)O)cc1)C(C)C. The number of rotatable bonds is 8. The summed E-state index contributed by atoms with van der Waals surface area (Å²) in [6.45, 7) is 7.50. The molecule has 1 N–H and O–H groups in total. The average Bonchev–Trinajstić information content (AvgIpc) is 2.43. The van der Waals surface area contributed by atoms with Crippen LogP contribution >= 0.6 is 0 Å². The van der Waals surface area contributed by atoms with Gasteiger partial charge in [0.25, 0.3) is 0 Å². The molecule has 0 aromatic heterocycles. The van der Waals surface area contributed by atoms with Crippen molar-refractivity contribution < 1.29 is 18.3 Å². The van der Waals surface area contributed by atoms with Gasteiger partial charge in [-0.05, 0) is 51.1 Å². The topological polar surface area (TPSA) is 74.7 Å². The predicted molar refractivity (Wildman–Crippen MR) is 82.5 cm³/mol. The molecule has 0 bridgehead atoms. The molecule has 1 aromatic carbocycles. The summed E-state index contributed by atoms with van der Waals surface area (Å²) in [6.07, 6.45) is 0.978. The molecular formula is C15H23NO4S. The molecule has 5 nitrogen and oxygen atoms in total. The van der Waals surface area contributed by atoms with Crippen molar-refractivity contribution in [3.63, 3.8) is 0 Å². The molecule has 0 heterocycles. The molecule has 21 heavy (non-hydrogen) atoms. The van der Waals surface area contributed by atoms with Crippen molar-refractivity contribution in [2.24, 2.45) is 0 Å². The summed E-state index contributed by atoms with van der Waals surface area (Å²) in [6, 6.07) is 5.66. The minimum Gasteiger partial charge on any atom is -0.478 e. The van der Waals surface area contributed by atoms with E-state index >= 15 is 0 Å². The molecule has 1 rings (SSSR count). The molecular weight excluding hydrogens is 290 g/mol. The first-order valence-corrected chi connectivity index (χ1v) is 8.73. The highest BCUT2D eigenvalue weighted by atomic mass is 32.2. The zero-order chi connectivity index (χ0) is 16.0. The van der Waals surface area contributed by atoms with Crippen molar-refractivity contribution in [1.82, 2.24) is 4.90 Å². The van der Waals surface area contributed by atoms with Gasteiger partial charge in [0.2, 0.25) is 0 Å². The number of benzene rings is 1. The monoisotopic (exact) mass is 313 g/mol. The van der Waals surface area contributed by atoms with Gasteiger partial charge in [-0.15, -0.1) is 0 Å². The van der Waals surface area contributed by atoms with Gasteiger partial charge in [0.15, 0.2) is 9.84 Å². The Labute approximate surface area is 126 Å². The molecule has 0 aliphatic carbocycles. The second kappa shape index (κ2) is 7.56. The molecule has 0 amide bonds. The van der Waals surface area contributed by atoms with Crippen LogP contribution in [0.5, 0.6) is 0 Å². The Bertz CT molecular complexity index is 564. The van der Waals surface area contributed by atoms with Gasteiger partial charge in [0.05, 0.1) is 16.2 Å². The highest BCUT2D eigenvalue weighted by Crippen LogP contribution is 2.13. The van der Waals surface area contributed by atoms with Gasteiger partial charge in [-0.25, -0.2) is 13.2 Å². The van der Waals surface area contributed by atoms with E-state index in [4.69, 9.17) is 5.11 Å². The number of carbonyl (C=O) groups is 1. The molecule has 0 saturated heterocycles. The van der Waals surface area contributed by atoms with Crippen LogP contribution in [-0.2, 0) is 9.84 Å². The van der Waals surface area contributed by atoms with E-state index < -0.39 is 15.8 Å². The first-order chi connectivity index (χ1) is 9.77. The van der Waals surface area contributed by atoms with Crippen LogP contribution in [0.4, 0.5) is 0 Å². The Morgan fingerprint density at radius 3 is 2.19 bits per heavy atom. The summed E-state index contributed by atoms with van der Waals surface area (Å²) >= 11 is 0. The quantitative estimate of drug-likeness (QED) is 0.797. The smallest absolute Gasteiger partial charge is 0.335 e. The fraction of sp³-hybridized carbons (Fsp3) is 0.533.